The normalized spacial score (nSPS) is 19.6. The van der Waals surface area contributed by atoms with E-state index in [-0.39, 0.29) is 24.8 Å². The lowest BCUT2D eigenvalue weighted by Gasteiger charge is -2.27. The maximum absolute atomic E-state index is 9.80. The van der Waals surface area contributed by atoms with Crippen LogP contribution in [0, 0.1) is 71.0 Å². The van der Waals surface area contributed by atoms with Crippen LogP contribution in [0.3, 0.4) is 0 Å². The molecule has 0 amide bonds. The van der Waals surface area contributed by atoms with E-state index in [0.29, 0.717) is 23.7 Å². The van der Waals surface area contributed by atoms with Crippen molar-refractivity contribution in [3.63, 3.8) is 0 Å². The van der Waals surface area contributed by atoms with Crippen molar-refractivity contribution in [3.05, 3.63) is 0 Å². The van der Waals surface area contributed by atoms with Gasteiger partial charge in [0.05, 0.1) is 12.2 Å². The fourth-order valence-corrected chi connectivity index (χ4v) is 12.9. The molecule has 0 bridgehead atoms. The van der Waals surface area contributed by atoms with Crippen LogP contribution in [0.5, 0.6) is 0 Å². The number of hydrogen-bond acceptors (Lipinski definition) is 5. The fraction of sp³-hybridized carbons (Fsp3) is 1.00. The number of hydrogen-bond donors (Lipinski definition) is 2. The van der Waals surface area contributed by atoms with Crippen LogP contribution in [0.1, 0.15) is 291 Å². The summed E-state index contributed by atoms with van der Waals surface area (Å²) in [6.07, 6.45) is 33.2. The van der Waals surface area contributed by atoms with Gasteiger partial charge >= 0.3 is 0 Å². The van der Waals surface area contributed by atoms with Crippen molar-refractivity contribution in [2.45, 2.75) is 315 Å². The third kappa shape index (κ3) is 42.1. The third-order valence-electron chi connectivity index (χ3n) is 15.2. The molecule has 5 nitrogen and oxygen atoms in total. The first-order chi connectivity index (χ1) is 31.7. The molecule has 0 aromatic carbocycles. The van der Waals surface area contributed by atoms with Gasteiger partial charge in [-0.1, -0.05) is 161 Å². The van der Waals surface area contributed by atoms with E-state index in [9.17, 15) is 10.2 Å². The van der Waals surface area contributed by atoms with Gasteiger partial charge in [-0.15, -0.1) is 0 Å². The smallest absolute Gasteiger partial charge is 0.160 e. The maximum Gasteiger partial charge on any atom is 0.160 e. The highest BCUT2D eigenvalue weighted by Gasteiger charge is 2.23. The average Bonchev–Trinajstić information content (AvgIpc) is 3.18. The van der Waals surface area contributed by atoms with Gasteiger partial charge in [-0.3, -0.25) is 0 Å². The van der Waals surface area contributed by atoms with Gasteiger partial charge in [0.2, 0.25) is 0 Å². The van der Waals surface area contributed by atoms with E-state index >= 15 is 0 Å². The molecule has 404 valence electrons. The molecule has 0 aromatic heterocycles. The van der Waals surface area contributed by atoms with E-state index in [4.69, 9.17) is 14.2 Å². The van der Waals surface area contributed by atoms with Crippen LogP contribution in [0.4, 0.5) is 0 Å². The van der Waals surface area contributed by atoms with Gasteiger partial charge in [-0.2, -0.15) is 0 Å². The van der Waals surface area contributed by atoms with Gasteiger partial charge in [0.15, 0.2) is 12.6 Å². The average molecular weight is 952 g/mol. The highest BCUT2D eigenvalue weighted by molar-refractivity contribution is 4.72. The SMILES string of the molecule is CCCCCCCOC(CCCC(C)CC(C)CC(C)CC(C)CC(C)CC(C)CC(C)O)OC(CCCC(C)CC(C)CC(C)CC(C)CC(C)CC(C)CC(C)O)OCCCCCCC. The highest BCUT2D eigenvalue weighted by atomic mass is 16.8. The van der Waals surface area contributed by atoms with Crippen LogP contribution in [0.15, 0.2) is 0 Å². The number of aliphatic hydroxyl groups excluding tert-OH is 2. The van der Waals surface area contributed by atoms with Crippen molar-refractivity contribution in [3.8, 4) is 0 Å². The van der Waals surface area contributed by atoms with Gasteiger partial charge in [0.25, 0.3) is 0 Å². The second-order valence-corrected chi connectivity index (χ2v) is 25.2. The van der Waals surface area contributed by atoms with Gasteiger partial charge in [0, 0.05) is 13.2 Å². The van der Waals surface area contributed by atoms with Gasteiger partial charge < -0.3 is 24.4 Å². The Morgan fingerprint density at radius 3 is 0.761 bits per heavy atom. The van der Waals surface area contributed by atoms with E-state index in [1.807, 2.05) is 13.8 Å². The molecule has 67 heavy (non-hydrogen) atoms. The molecular formula is C62H126O5. The molecule has 0 rings (SSSR count). The summed E-state index contributed by atoms with van der Waals surface area (Å²) >= 11 is 0. The zero-order valence-corrected chi connectivity index (χ0v) is 48.6. The molecule has 5 heteroatoms. The minimum Gasteiger partial charge on any atom is -0.393 e. The minimum atomic E-state index is -0.186. The predicted molar refractivity (Wildman–Crippen MR) is 295 cm³/mol. The lowest BCUT2D eigenvalue weighted by Crippen LogP contribution is -2.28. The summed E-state index contributed by atoms with van der Waals surface area (Å²) in [5.41, 5.74) is 0. The zero-order valence-electron chi connectivity index (χ0n) is 48.6. The van der Waals surface area contributed by atoms with E-state index in [1.165, 1.54) is 128 Å². The molecule has 0 fully saturated rings. The Labute approximate surface area is 422 Å². The van der Waals surface area contributed by atoms with Crippen LogP contribution in [-0.2, 0) is 14.2 Å². The summed E-state index contributed by atoms with van der Waals surface area (Å²) in [7, 11) is 0. The first-order valence-electron chi connectivity index (χ1n) is 30.0. The van der Waals surface area contributed by atoms with Crippen LogP contribution < -0.4 is 0 Å². The van der Waals surface area contributed by atoms with Crippen molar-refractivity contribution >= 4 is 0 Å². The summed E-state index contributed by atoms with van der Waals surface area (Å²) in [5.74, 6) is 8.63. The second-order valence-electron chi connectivity index (χ2n) is 25.2. The number of aliphatic hydroxyl groups is 2. The van der Waals surface area contributed by atoms with Crippen LogP contribution >= 0.6 is 0 Å². The van der Waals surface area contributed by atoms with Crippen LogP contribution in [-0.4, -0.2) is 48.2 Å². The quantitative estimate of drug-likeness (QED) is 0.0470. The fourth-order valence-electron chi connectivity index (χ4n) is 12.9. The third-order valence-corrected chi connectivity index (χ3v) is 15.2. The Kier molecular flexibility index (Phi) is 42.2. The molecule has 0 aliphatic rings. The van der Waals surface area contributed by atoms with E-state index in [0.717, 1.165) is 112 Å². The van der Waals surface area contributed by atoms with Crippen molar-refractivity contribution in [1.82, 2.24) is 0 Å². The van der Waals surface area contributed by atoms with Crippen LogP contribution in [0.2, 0.25) is 0 Å². The van der Waals surface area contributed by atoms with Crippen molar-refractivity contribution < 1.29 is 24.4 Å². The Hall–Kier alpha value is -0.200. The van der Waals surface area contributed by atoms with Gasteiger partial charge in [-0.05, 0) is 200 Å². The summed E-state index contributed by atoms with van der Waals surface area (Å²) in [6.45, 7) is 39.3. The molecular weight excluding hydrogens is 825 g/mol. The van der Waals surface area contributed by atoms with Crippen molar-refractivity contribution in [1.29, 1.82) is 0 Å². The molecule has 0 radical (unpaired) electrons. The number of rotatable bonds is 48. The minimum absolute atomic E-state index is 0.184. The Bertz CT molecular complexity index is 969. The van der Waals surface area contributed by atoms with Gasteiger partial charge in [-0.25, -0.2) is 0 Å². The molecule has 0 saturated carbocycles. The summed E-state index contributed by atoms with van der Waals surface area (Å²) in [4.78, 5) is 0. The number of unbranched alkanes of at least 4 members (excludes halogenated alkanes) is 8. The second kappa shape index (κ2) is 42.3. The Morgan fingerprint density at radius 1 is 0.269 bits per heavy atom. The number of ether oxygens (including phenoxy) is 3. The van der Waals surface area contributed by atoms with E-state index in [2.05, 4.69) is 96.9 Å². The summed E-state index contributed by atoms with van der Waals surface area (Å²) < 4.78 is 20.1. The molecule has 0 saturated heterocycles. The molecule has 16 atom stereocenters. The lowest BCUT2D eigenvalue weighted by molar-refractivity contribution is -0.250. The Balaban J connectivity index is 5.24. The highest BCUT2D eigenvalue weighted by Crippen LogP contribution is 2.32. The molecule has 16 unspecified atom stereocenters. The van der Waals surface area contributed by atoms with Gasteiger partial charge in [0.1, 0.15) is 0 Å². The first-order valence-corrected chi connectivity index (χ1v) is 30.0. The van der Waals surface area contributed by atoms with E-state index in [1.54, 1.807) is 0 Å². The summed E-state index contributed by atoms with van der Waals surface area (Å²) in [6, 6.07) is 0. The van der Waals surface area contributed by atoms with Crippen molar-refractivity contribution in [2.24, 2.45) is 71.0 Å². The first kappa shape index (κ1) is 66.8. The topological polar surface area (TPSA) is 68.2 Å². The van der Waals surface area contributed by atoms with Crippen LogP contribution in [0.25, 0.3) is 0 Å². The summed E-state index contributed by atoms with van der Waals surface area (Å²) in [5, 5.41) is 19.6. The molecule has 0 aromatic rings. The molecule has 0 aliphatic carbocycles. The Morgan fingerprint density at radius 2 is 0.507 bits per heavy atom. The zero-order chi connectivity index (χ0) is 50.6. The monoisotopic (exact) mass is 951 g/mol. The molecule has 0 heterocycles. The van der Waals surface area contributed by atoms with E-state index < -0.39 is 0 Å². The standard InChI is InChI=1S/C62H126O5/c1-17-19-21-23-25-33-65-61(31-27-29-47(3)35-49(5)37-51(7)39-53(9)41-55(11)43-57(13)45-59(15)63)67-62(66-34-26-24-22-20-18-2)32-28-30-48(4)36-50(6)38-52(8)40-54(10)42-56(12)44-58(14)46-60(16)64/h47-64H,17-46H2,1-16H3. The molecule has 2 N–H and O–H groups in total. The molecule has 0 spiro atoms. The lowest BCUT2D eigenvalue weighted by atomic mass is 9.81. The maximum atomic E-state index is 9.80. The predicted octanol–water partition coefficient (Wildman–Crippen LogP) is 19.0. The largest absolute Gasteiger partial charge is 0.393 e. The van der Waals surface area contributed by atoms with Crippen molar-refractivity contribution in [2.75, 3.05) is 13.2 Å². The molecule has 0 aliphatic heterocycles.